The van der Waals surface area contributed by atoms with E-state index in [-0.39, 0.29) is 24.4 Å². The molecule has 2 saturated heterocycles. The number of esters is 1. The van der Waals surface area contributed by atoms with Crippen LogP contribution in [0.25, 0.3) is 0 Å². The van der Waals surface area contributed by atoms with E-state index in [0.717, 1.165) is 0 Å². The summed E-state index contributed by atoms with van der Waals surface area (Å²) in [6.45, 7) is 1.56. The minimum atomic E-state index is -1.54. The Morgan fingerprint density at radius 2 is 1.96 bits per heavy atom. The van der Waals surface area contributed by atoms with Crippen LogP contribution in [0.3, 0.4) is 0 Å². The lowest BCUT2D eigenvalue weighted by Gasteiger charge is -2.44. The van der Waals surface area contributed by atoms with Crippen LogP contribution in [0.15, 0.2) is 12.3 Å². The summed E-state index contributed by atoms with van der Waals surface area (Å²) in [6, 6.07) is 0. The van der Waals surface area contributed by atoms with Crippen LogP contribution >= 0.6 is 0 Å². The predicted molar refractivity (Wildman–Crippen MR) is 76.0 cm³/mol. The standard InChI is InChI=1S/C15H22O9/c1-6-5-22-13(20)7-2-3-21-14(9(6)7)24-15-12(19)11(18)10(17)8(4-16)23-15/h2-3,6-12,14-19H,4-5H2,1H3. The summed E-state index contributed by atoms with van der Waals surface area (Å²) < 4.78 is 21.5. The Hall–Kier alpha value is -1.23. The molecular formula is C15H22O9. The van der Waals surface area contributed by atoms with Gasteiger partial charge in [-0.15, -0.1) is 0 Å². The second-order valence-corrected chi connectivity index (χ2v) is 6.38. The fraction of sp³-hybridized carbons (Fsp3) is 0.800. The van der Waals surface area contributed by atoms with E-state index in [0.29, 0.717) is 0 Å². The summed E-state index contributed by atoms with van der Waals surface area (Å²) in [4.78, 5) is 11.9. The van der Waals surface area contributed by atoms with Gasteiger partial charge in [-0.3, -0.25) is 4.79 Å². The molecule has 3 aliphatic rings. The molecule has 0 amide bonds. The molecule has 9 nitrogen and oxygen atoms in total. The van der Waals surface area contributed by atoms with Crippen molar-refractivity contribution in [2.24, 2.45) is 17.8 Å². The Bertz CT molecular complexity index is 493. The van der Waals surface area contributed by atoms with Gasteiger partial charge in [-0.05, 0) is 6.08 Å². The molecule has 0 aromatic heterocycles. The highest BCUT2D eigenvalue weighted by molar-refractivity contribution is 5.75. The van der Waals surface area contributed by atoms with E-state index in [1.54, 1.807) is 6.08 Å². The van der Waals surface area contributed by atoms with Crippen molar-refractivity contribution < 1.29 is 44.2 Å². The molecule has 24 heavy (non-hydrogen) atoms. The first-order valence-corrected chi connectivity index (χ1v) is 7.88. The van der Waals surface area contributed by atoms with E-state index >= 15 is 0 Å². The molecule has 0 aromatic carbocycles. The molecule has 4 N–H and O–H groups in total. The molecule has 0 radical (unpaired) electrons. The smallest absolute Gasteiger partial charge is 0.313 e. The number of aliphatic hydroxyl groups is 4. The van der Waals surface area contributed by atoms with Gasteiger partial charge in [0.05, 0.1) is 25.4 Å². The van der Waals surface area contributed by atoms with Gasteiger partial charge in [0.15, 0.2) is 6.29 Å². The SMILES string of the molecule is CC1COC(=O)C2C=COC(OC3OC(CO)C(O)C(O)C3O)C12. The molecule has 3 heterocycles. The number of fused-ring (bicyclic) bond motifs is 1. The summed E-state index contributed by atoms with van der Waals surface area (Å²) in [5.74, 6) is -1.30. The predicted octanol–water partition coefficient (Wildman–Crippen LogP) is -1.90. The van der Waals surface area contributed by atoms with Crippen LogP contribution in [-0.4, -0.2) is 76.6 Å². The maximum absolute atomic E-state index is 11.9. The molecule has 136 valence electrons. The highest BCUT2D eigenvalue weighted by Gasteiger charge is 2.49. The van der Waals surface area contributed by atoms with Crippen LogP contribution in [0, 0.1) is 17.8 Å². The van der Waals surface area contributed by atoms with Crippen molar-refractivity contribution in [3.8, 4) is 0 Å². The number of ether oxygens (including phenoxy) is 4. The van der Waals surface area contributed by atoms with Crippen LogP contribution in [0.2, 0.25) is 0 Å². The van der Waals surface area contributed by atoms with Gasteiger partial charge >= 0.3 is 5.97 Å². The number of carbonyl (C=O) groups excluding carboxylic acids is 1. The fourth-order valence-electron chi connectivity index (χ4n) is 3.31. The Kier molecular flexibility index (Phi) is 5.09. The van der Waals surface area contributed by atoms with Crippen molar-refractivity contribution in [3.05, 3.63) is 12.3 Å². The van der Waals surface area contributed by atoms with Gasteiger partial charge in [0.1, 0.15) is 24.4 Å². The highest BCUT2D eigenvalue weighted by atomic mass is 16.8. The van der Waals surface area contributed by atoms with Crippen molar-refractivity contribution in [2.45, 2.75) is 43.9 Å². The Balaban J connectivity index is 1.74. The third-order valence-corrected chi connectivity index (χ3v) is 4.76. The first kappa shape index (κ1) is 17.6. The summed E-state index contributed by atoms with van der Waals surface area (Å²) in [6.07, 6.45) is -4.89. The number of hydrogen-bond donors (Lipinski definition) is 4. The minimum absolute atomic E-state index is 0.0486. The highest BCUT2D eigenvalue weighted by Crippen LogP contribution is 2.38. The van der Waals surface area contributed by atoms with Crippen LogP contribution < -0.4 is 0 Å². The molecule has 0 bridgehead atoms. The summed E-state index contributed by atoms with van der Waals surface area (Å²) in [5.41, 5.74) is 0. The van der Waals surface area contributed by atoms with Gasteiger partial charge in [-0.2, -0.15) is 0 Å². The molecule has 9 unspecified atom stereocenters. The Morgan fingerprint density at radius 3 is 2.67 bits per heavy atom. The zero-order valence-corrected chi connectivity index (χ0v) is 13.1. The Morgan fingerprint density at radius 1 is 1.21 bits per heavy atom. The molecule has 0 aromatic rings. The lowest BCUT2D eigenvalue weighted by molar-refractivity contribution is -0.344. The number of rotatable bonds is 3. The van der Waals surface area contributed by atoms with E-state index in [4.69, 9.17) is 18.9 Å². The van der Waals surface area contributed by atoms with E-state index in [2.05, 4.69) is 0 Å². The van der Waals surface area contributed by atoms with Gasteiger partial charge in [0.25, 0.3) is 0 Å². The Labute approximate surface area is 138 Å². The third-order valence-electron chi connectivity index (χ3n) is 4.76. The van der Waals surface area contributed by atoms with Gasteiger partial charge in [-0.25, -0.2) is 0 Å². The van der Waals surface area contributed by atoms with E-state index < -0.39 is 49.5 Å². The largest absolute Gasteiger partial charge is 0.472 e. The van der Waals surface area contributed by atoms with E-state index in [9.17, 15) is 25.2 Å². The molecule has 2 fully saturated rings. The molecule has 9 heteroatoms. The van der Waals surface area contributed by atoms with Crippen LogP contribution in [-0.2, 0) is 23.7 Å². The average Bonchev–Trinajstić information content (AvgIpc) is 2.58. The summed E-state index contributed by atoms with van der Waals surface area (Å²) >= 11 is 0. The number of aliphatic hydroxyl groups excluding tert-OH is 4. The molecule has 9 atom stereocenters. The van der Waals surface area contributed by atoms with Crippen molar-refractivity contribution in [3.63, 3.8) is 0 Å². The monoisotopic (exact) mass is 346 g/mol. The second kappa shape index (κ2) is 6.95. The number of carbonyl (C=O) groups is 1. The number of cyclic esters (lactones) is 1. The quantitative estimate of drug-likeness (QED) is 0.432. The summed E-state index contributed by atoms with van der Waals surface area (Å²) in [7, 11) is 0. The topological polar surface area (TPSA) is 135 Å². The van der Waals surface area contributed by atoms with Gasteiger partial charge in [0.2, 0.25) is 6.29 Å². The molecule has 3 aliphatic heterocycles. The van der Waals surface area contributed by atoms with Crippen molar-refractivity contribution >= 4 is 5.97 Å². The second-order valence-electron chi connectivity index (χ2n) is 6.38. The zero-order chi connectivity index (χ0) is 17.4. The van der Waals surface area contributed by atoms with Crippen molar-refractivity contribution in [1.82, 2.24) is 0 Å². The van der Waals surface area contributed by atoms with Crippen molar-refractivity contribution in [1.29, 1.82) is 0 Å². The molecule has 0 spiro atoms. The van der Waals surface area contributed by atoms with Gasteiger partial charge in [0, 0.05) is 11.8 Å². The van der Waals surface area contributed by atoms with Crippen molar-refractivity contribution in [2.75, 3.05) is 13.2 Å². The van der Waals surface area contributed by atoms with E-state index in [1.165, 1.54) is 6.26 Å². The minimum Gasteiger partial charge on any atom is -0.472 e. The average molecular weight is 346 g/mol. The lowest BCUT2D eigenvalue weighted by Crippen LogP contribution is -2.60. The van der Waals surface area contributed by atoms with Crippen LogP contribution in [0.1, 0.15) is 6.92 Å². The lowest BCUT2D eigenvalue weighted by atomic mass is 9.79. The molecule has 0 aliphatic carbocycles. The van der Waals surface area contributed by atoms with E-state index in [1.807, 2.05) is 6.92 Å². The third kappa shape index (κ3) is 3.03. The maximum Gasteiger partial charge on any atom is 0.313 e. The van der Waals surface area contributed by atoms with Gasteiger partial charge in [-0.1, -0.05) is 6.92 Å². The van der Waals surface area contributed by atoms with Crippen LogP contribution in [0.5, 0.6) is 0 Å². The fourth-order valence-corrected chi connectivity index (χ4v) is 3.31. The maximum atomic E-state index is 11.9. The zero-order valence-electron chi connectivity index (χ0n) is 13.1. The molecular weight excluding hydrogens is 324 g/mol. The first-order valence-electron chi connectivity index (χ1n) is 7.88. The number of hydrogen-bond acceptors (Lipinski definition) is 9. The summed E-state index contributed by atoms with van der Waals surface area (Å²) in [5, 5.41) is 38.9. The van der Waals surface area contributed by atoms with Crippen LogP contribution in [0.4, 0.5) is 0 Å². The first-order chi connectivity index (χ1) is 11.4. The molecule has 3 rings (SSSR count). The normalized spacial score (nSPS) is 48.4. The van der Waals surface area contributed by atoms with Gasteiger partial charge < -0.3 is 39.4 Å². The molecule has 0 saturated carbocycles.